The molecule has 0 amide bonds. The van der Waals surface area contributed by atoms with Gasteiger partial charge in [-0.1, -0.05) is 106 Å². The Bertz CT molecular complexity index is 935. The summed E-state index contributed by atoms with van der Waals surface area (Å²) in [5.41, 5.74) is 5.26. The van der Waals surface area contributed by atoms with Gasteiger partial charge in [0.2, 0.25) is 0 Å². The number of rotatable bonds is 9. The van der Waals surface area contributed by atoms with Crippen molar-refractivity contribution in [3.8, 4) is 11.1 Å². The average Bonchev–Trinajstić information content (AvgIpc) is 2.83. The molecule has 30 heavy (non-hydrogen) atoms. The normalized spacial score (nSPS) is 12.4. The van der Waals surface area contributed by atoms with Crippen LogP contribution in [0.1, 0.15) is 31.9 Å². The second-order valence-corrected chi connectivity index (χ2v) is 12.3. The summed E-state index contributed by atoms with van der Waals surface area (Å²) in [6.45, 7) is 6.64. The van der Waals surface area contributed by atoms with Gasteiger partial charge in [-0.25, -0.2) is 0 Å². The monoisotopic (exact) mass is 416 g/mol. The number of aliphatic hydroxyl groups is 1. The van der Waals surface area contributed by atoms with Gasteiger partial charge in [-0.3, -0.25) is 0 Å². The van der Waals surface area contributed by atoms with E-state index in [0.717, 1.165) is 40.6 Å². The summed E-state index contributed by atoms with van der Waals surface area (Å²) in [5, 5.41) is 10.3. The van der Waals surface area contributed by atoms with E-state index in [1.807, 2.05) is 36.4 Å². The molecule has 3 rings (SSSR count). The molecule has 3 heteroatoms. The fourth-order valence-electron chi connectivity index (χ4n) is 3.86. The van der Waals surface area contributed by atoms with Crippen LogP contribution in [-0.4, -0.2) is 20.0 Å². The van der Waals surface area contributed by atoms with Crippen LogP contribution in [0.15, 0.2) is 84.9 Å². The number of hydrogen-bond donors (Lipinski definition) is 1. The molecule has 0 unspecified atom stereocenters. The molecule has 2 nitrogen and oxygen atoms in total. The largest absolute Gasteiger partial charge is 0.543 e. The lowest BCUT2D eigenvalue weighted by molar-refractivity contribution is 0.347. The first kappa shape index (κ1) is 22.1. The molecule has 0 fully saturated rings. The maximum absolute atomic E-state index is 10.3. The van der Waals surface area contributed by atoms with E-state index in [1.165, 1.54) is 11.1 Å². The first-order chi connectivity index (χ1) is 14.7. The third-order valence-electron chi connectivity index (χ3n) is 6.06. The molecule has 3 aromatic rings. The average molecular weight is 417 g/mol. The number of benzene rings is 3. The summed E-state index contributed by atoms with van der Waals surface area (Å²) < 4.78 is 6.88. The maximum Gasteiger partial charge on any atom is 0.250 e. The lowest BCUT2D eigenvalue weighted by atomic mass is 9.99. The third-order valence-corrected chi connectivity index (χ3v) is 10.6. The van der Waals surface area contributed by atoms with Gasteiger partial charge in [-0.2, -0.15) is 0 Å². The SMILES string of the molecule is CC[Si](CC)(CC)O/C(=C(/CO)c1ccccc1)c1ccc(-c2ccccc2)cc1. The molecule has 0 aliphatic carbocycles. The second-order valence-electron chi connectivity index (χ2n) is 7.62. The molecule has 0 saturated heterocycles. The third kappa shape index (κ3) is 4.92. The number of aliphatic hydroxyl groups excluding tert-OH is 1. The predicted octanol–water partition coefficient (Wildman–Crippen LogP) is 7.24. The smallest absolute Gasteiger partial charge is 0.250 e. The predicted molar refractivity (Wildman–Crippen MR) is 131 cm³/mol. The molecule has 0 radical (unpaired) electrons. The zero-order valence-corrected chi connectivity index (χ0v) is 19.3. The van der Waals surface area contributed by atoms with Gasteiger partial charge in [-0.15, -0.1) is 0 Å². The highest BCUT2D eigenvalue weighted by atomic mass is 28.4. The van der Waals surface area contributed by atoms with E-state index in [4.69, 9.17) is 4.43 Å². The highest BCUT2D eigenvalue weighted by Crippen LogP contribution is 2.35. The van der Waals surface area contributed by atoms with Crippen LogP contribution in [0.3, 0.4) is 0 Å². The Morgan fingerprint density at radius 3 is 1.67 bits per heavy atom. The fraction of sp³-hybridized carbons (Fsp3) is 0.259. The van der Waals surface area contributed by atoms with Crippen molar-refractivity contribution < 1.29 is 9.53 Å². The van der Waals surface area contributed by atoms with Crippen molar-refractivity contribution in [3.05, 3.63) is 96.1 Å². The Hall–Kier alpha value is -2.62. The minimum atomic E-state index is -1.92. The molecule has 0 heterocycles. The van der Waals surface area contributed by atoms with Crippen LogP contribution in [0, 0.1) is 0 Å². The van der Waals surface area contributed by atoms with Crippen molar-refractivity contribution >= 4 is 19.6 Å². The fourth-order valence-corrected chi connectivity index (χ4v) is 6.46. The minimum absolute atomic E-state index is 0.0542. The van der Waals surface area contributed by atoms with E-state index in [1.54, 1.807) is 0 Å². The van der Waals surface area contributed by atoms with Crippen molar-refractivity contribution in [1.82, 2.24) is 0 Å². The van der Waals surface area contributed by atoms with E-state index in [9.17, 15) is 5.11 Å². The lowest BCUT2D eigenvalue weighted by Crippen LogP contribution is -2.35. The van der Waals surface area contributed by atoms with E-state index in [2.05, 4.69) is 69.3 Å². The Balaban J connectivity index is 2.10. The first-order valence-electron chi connectivity index (χ1n) is 10.9. The van der Waals surface area contributed by atoms with Crippen LogP contribution in [0.2, 0.25) is 18.1 Å². The van der Waals surface area contributed by atoms with Gasteiger partial charge in [0.25, 0.3) is 8.32 Å². The molecule has 1 N–H and O–H groups in total. The molecule has 0 saturated carbocycles. The van der Waals surface area contributed by atoms with Crippen molar-refractivity contribution in [1.29, 1.82) is 0 Å². The quantitative estimate of drug-likeness (QED) is 0.226. The van der Waals surface area contributed by atoms with Gasteiger partial charge in [0, 0.05) is 11.1 Å². The highest BCUT2D eigenvalue weighted by Gasteiger charge is 2.32. The topological polar surface area (TPSA) is 29.5 Å². The Labute approximate surface area is 182 Å². The van der Waals surface area contributed by atoms with E-state index < -0.39 is 8.32 Å². The molecular weight excluding hydrogens is 384 g/mol. The Kier molecular flexibility index (Phi) is 7.67. The van der Waals surface area contributed by atoms with Gasteiger partial charge in [-0.05, 0) is 34.8 Å². The Morgan fingerprint density at radius 2 is 1.17 bits per heavy atom. The van der Waals surface area contributed by atoms with E-state index in [-0.39, 0.29) is 6.61 Å². The molecule has 0 bridgehead atoms. The van der Waals surface area contributed by atoms with Crippen LogP contribution in [-0.2, 0) is 4.43 Å². The zero-order chi connectivity index (χ0) is 21.4. The number of hydrogen-bond acceptors (Lipinski definition) is 2. The summed E-state index contributed by atoms with van der Waals surface area (Å²) in [7, 11) is -1.92. The van der Waals surface area contributed by atoms with Crippen molar-refractivity contribution in [2.45, 2.75) is 38.9 Å². The van der Waals surface area contributed by atoms with E-state index in [0.29, 0.717) is 0 Å². The van der Waals surface area contributed by atoms with Crippen molar-refractivity contribution in [2.75, 3.05) is 6.61 Å². The van der Waals surface area contributed by atoms with Crippen LogP contribution >= 0.6 is 0 Å². The lowest BCUT2D eigenvalue weighted by Gasteiger charge is -2.32. The van der Waals surface area contributed by atoms with Crippen LogP contribution in [0.25, 0.3) is 22.5 Å². The molecule has 0 aliphatic heterocycles. The molecule has 156 valence electrons. The highest BCUT2D eigenvalue weighted by molar-refractivity contribution is 6.74. The Morgan fingerprint density at radius 1 is 0.667 bits per heavy atom. The summed E-state index contributed by atoms with van der Waals surface area (Å²) in [4.78, 5) is 0. The standard InChI is InChI=1S/C27H32O2Si/c1-4-30(5-2,6-3)29-27(26(21-28)24-15-11-8-12-16-24)25-19-17-23(18-20-25)22-13-9-7-10-14-22/h7-20,28H,4-6,21H2,1-3H3/b27-26-. The summed E-state index contributed by atoms with van der Waals surface area (Å²) >= 11 is 0. The van der Waals surface area contributed by atoms with Crippen molar-refractivity contribution in [2.24, 2.45) is 0 Å². The molecule has 0 aliphatic rings. The summed E-state index contributed by atoms with van der Waals surface area (Å²) in [6.07, 6.45) is 0. The van der Waals surface area contributed by atoms with Gasteiger partial charge in [0.15, 0.2) is 0 Å². The molecule has 0 spiro atoms. The van der Waals surface area contributed by atoms with Crippen LogP contribution in [0.5, 0.6) is 0 Å². The second kappa shape index (κ2) is 10.4. The zero-order valence-electron chi connectivity index (χ0n) is 18.3. The van der Waals surface area contributed by atoms with E-state index >= 15 is 0 Å². The molecule has 0 aromatic heterocycles. The summed E-state index contributed by atoms with van der Waals surface area (Å²) in [6, 6.07) is 32.2. The molecule has 0 atom stereocenters. The minimum Gasteiger partial charge on any atom is -0.543 e. The maximum atomic E-state index is 10.3. The van der Waals surface area contributed by atoms with Gasteiger partial charge in [0.05, 0.1) is 6.61 Å². The van der Waals surface area contributed by atoms with Crippen LogP contribution in [0.4, 0.5) is 0 Å². The molecular formula is C27H32O2Si. The summed E-state index contributed by atoms with van der Waals surface area (Å²) in [5.74, 6) is 0.834. The van der Waals surface area contributed by atoms with Gasteiger partial charge in [0.1, 0.15) is 5.76 Å². The molecule has 3 aromatic carbocycles. The van der Waals surface area contributed by atoms with Crippen LogP contribution < -0.4 is 0 Å². The first-order valence-corrected chi connectivity index (χ1v) is 13.4. The van der Waals surface area contributed by atoms with Gasteiger partial charge >= 0.3 is 0 Å². The van der Waals surface area contributed by atoms with Gasteiger partial charge < -0.3 is 9.53 Å². The van der Waals surface area contributed by atoms with Crippen molar-refractivity contribution in [3.63, 3.8) is 0 Å².